The maximum atomic E-state index is 13.0. The second kappa shape index (κ2) is 8.63. The number of rotatable bonds is 7. The number of nitro groups is 1. The molecule has 0 atom stereocenters. The number of amides is 1. The second-order valence-electron chi connectivity index (χ2n) is 6.69. The van der Waals surface area contributed by atoms with Gasteiger partial charge in [0.1, 0.15) is 0 Å². The second-order valence-corrected chi connectivity index (χ2v) is 6.69. The van der Waals surface area contributed by atoms with Gasteiger partial charge in [-0.15, -0.1) is 0 Å². The van der Waals surface area contributed by atoms with Crippen LogP contribution in [-0.4, -0.2) is 35.9 Å². The zero-order chi connectivity index (χ0) is 20.1. The maximum absolute atomic E-state index is 13.0. The number of likely N-dealkylation sites (N-methyl/N-ethyl adjacent to an activating group) is 2. The molecular weight excluding hydrogens is 354 g/mol. The third-order valence-electron chi connectivity index (χ3n) is 4.71. The highest BCUT2D eigenvalue weighted by atomic mass is 16.6. The predicted molar refractivity (Wildman–Crippen MR) is 111 cm³/mol. The number of anilines is 1. The average molecular weight is 377 g/mol. The van der Waals surface area contributed by atoms with Crippen molar-refractivity contribution >= 4 is 28.1 Å². The van der Waals surface area contributed by atoms with Crippen molar-refractivity contribution in [1.29, 1.82) is 0 Å². The molecule has 0 N–H and O–H groups in total. The quantitative estimate of drug-likeness (QED) is 0.456. The molecule has 0 saturated heterocycles. The van der Waals surface area contributed by atoms with Gasteiger partial charge in [0, 0.05) is 30.1 Å². The van der Waals surface area contributed by atoms with Gasteiger partial charge < -0.3 is 4.90 Å². The highest BCUT2D eigenvalue weighted by Crippen LogP contribution is 2.27. The molecule has 0 saturated carbocycles. The first-order valence-electron chi connectivity index (χ1n) is 9.20. The molecule has 3 aromatic carbocycles. The molecule has 3 aromatic rings. The standard InChI is InChI=1S/C22H23N3O3/c1-3-24(21-14-8-11-17-9-4-6-12-19(17)21)22(26)16-23(2)15-18-10-5-7-13-20(18)25(27)28/h4-14H,3,15-16H2,1-2H3. The van der Waals surface area contributed by atoms with Gasteiger partial charge in [-0.1, -0.05) is 54.6 Å². The molecule has 0 aliphatic heterocycles. The average Bonchev–Trinajstić information content (AvgIpc) is 2.69. The minimum atomic E-state index is -0.389. The van der Waals surface area contributed by atoms with Crippen LogP contribution in [0.4, 0.5) is 11.4 Å². The summed E-state index contributed by atoms with van der Waals surface area (Å²) in [5, 5.41) is 13.3. The first kappa shape index (κ1) is 19.5. The molecular formula is C22H23N3O3. The first-order chi connectivity index (χ1) is 13.5. The van der Waals surface area contributed by atoms with Gasteiger partial charge in [0.15, 0.2) is 0 Å². The van der Waals surface area contributed by atoms with Crippen LogP contribution < -0.4 is 4.90 Å². The fourth-order valence-electron chi connectivity index (χ4n) is 3.41. The van der Waals surface area contributed by atoms with Crippen LogP contribution >= 0.6 is 0 Å². The van der Waals surface area contributed by atoms with Crippen molar-refractivity contribution in [3.05, 3.63) is 82.4 Å². The Labute approximate surface area is 164 Å². The predicted octanol–water partition coefficient (Wildman–Crippen LogP) is 4.23. The lowest BCUT2D eigenvalue weighted by atomic mass is 10.1. The van der Waals surface area contributed by atoms with Crippen LogP contribution in [0.3, 0.4) is 0 Å². The van der Waals surface area contributed by atoms with Crippen molar-refractivity contribution in [3.63, 3.8) is 0 Å². The minimum absolute atomic E-state index is 0.0417. The van der Waals surface area contributed by atoms with Crippen LogP contribution in [0.1, 0.15) is 12.5 Å². The summed E-state index contributed by atoms with van der Waals surface area (Å²) in [6, 6.07) is 20.5. The summed E-state index contributed by atoms with van der Waals surface area (Å²) < 4.78 is 0. The van der Waals surface area contributed by atoms with Crippen molar-refractivity contribution in [2.24, 2.45) is 0 Å². The fourth-order valence-corrected chi connectivity index (χ4v) is 3.41. The molecule has 28 heavy (non-hydrogen) atoms. The van der Waals surface area contributed by atoms with Crippen molar-refractivity contribution in [1.82, 2.24) is 4.90 Å². The van der Waals surface area contributed by atoms with Crippen LogP contribution in [-0.2, 0) is 11.3 Å². The Balaban J connectivity index is 1.78. The smallest absolute Gasteiger partial charge is 0.273 e. The number of benzene rings is 3. The first-order valence-corrected chi connectivity index (χ1v) is 9.20. The number of fused-ring (bicyclic) bond motifs is 1. The van der Waals surface area contributed by atoms with Crippen molar-refractivity contribution in [3.8, 4) is 0 Å². The SMILES string of the molecule is CCN(C(=O)CN(C)Cc1ccccc1[N+](=O)[O-])c1cccc2ccccc12. The Kier molecular flexibility index (Phi) is 6.01. The molecule has 0 spiro atoms. The number of hydrogen-bond acceptors (Lipinski definition) is 4. The topological polar surface area (TPSA) is 66.7 Å². The van der Waals surface area contributed by atoms with Crippen LogP contribution in [0.15, 0.2) is 66.7 Å². The molecule has 6 heteroatoms. The van der Waals surface area contributed by atoms with Crippen LogP contribution in [0.25, 0.3) is 10.8 Å². The summed E-state index contributed by atoms with van der Waals surface area (Å²) in [6.07, 6.45) is 0. The lowest BCUT2D eigenvalue weighted by Gasteiger charge is -2.25. The fraction of sp³-hybridized carbons (Fsp3) is 0.227. The van der Waals surface area contributed by atoms with E-state index >= 15 is 0 Å². The van der Waals surface area contributed by atoms with Gasteiger partial charge in [-0.2, -0.15) is 0 Å². The zero-order valence-electron chi connectivity index (χ0n) is 16.0. The minimum Gasteiger partial charge on any atom is -0.311 e. The largest absolute Gasteiger partial charge is 0.311 e. The molecule has 0 aromatic heterocycles. The summed E-state index contributed by atoms with van der Waals surface area (Å²) in [6.45, 7) is 2.99. The van der Waals surface area contributed by atoms with Crippen LogP contribution in [0, 0.1) is 10.1 Å². The molecule has 0 bridgehead atoms. The summed E-state index contributed by atoms with van der Waals surface area (Å²) in [5.74, 6) is -0.0417. The van der Waals surface area contributed by atoms with E-state index < -0.39 is 0 Å². The lowest BCUT2D eigenvalue weighted by Crippen LogP contribution is -2.39. The van der Waals surface area contributed by atoms with E-state index in [1.165, 1.54) is 6.07 Å². The summed E-state index contributed by atoms with van der Waals surface area (Å²) >= 11 is 0. The van der Waals surface area contributed by atoms with E-state index in [9.17, 15) is 14.9 Å². The van der Waals surface area contributed by atoms with E-state index in [0.29, 0.717) is 18.7 Å². The van der Waals surface area contributed by atoms with Gasteiger partial charge in [-0.3, -0.25) is 19.8 Å². The Bertz CT molecular complexity index is 998. The van der Waals surface area contributed by atoms with E-state index in [4.69, 9.17) is 0 Å². The molecule has 0 aliphatic carbocycles. The number of carbonyl (C=O) groups excluding carboxylic acids is 1. The van der Waals surface area contributed by atoms with Gasteiger partial charge in [-0.05, 0) is 25.4 Å². The van der Waals surface area contributed by atoms with E-state index in [2.05, 4.69) is 0 Å². The molecule has 0 unspecified atom stereocenters. The number of para-hydroxylation sites is 1. The number of carbonyl (C=O) groups is 1. The van der Waals surface area contributed by atoms with E-state index in [0.717, 1.165) is 16.5 Å². The van der Waals surface area contributed by atoms with E-state index in [1.807, 2.05) is 49.4 Å². The normalized spacial score (nSPS) is 11.0. The Morgan fingerprint density at radius 3 is 2.43 bits per heavy atom. The monoisotopic (exact) mass is 377 g/mol. The molecule has 6 nitrogen and oxygen atoms in total. The highest BCUT2D eigenvalue weighted by Gasteiger charge is 2.20. The van der Waals surface area contributed by atoms with Gasteiger partial charge in [0.05, 0.1) is 17.2 Å². The third kappa shape index (κ3) is 4.18. The highest BCUT2D eigenvalue weighted by molar-refractivity contribution is 6.04. The summed E-state index contributed by atoms with van der Waals surface area (Å²) in [7, 11) is 1.80. The van der Waals surface area contributed by atoms with E-state index in [1.54, 1.807) is 35.0 Å². The van der Waals surface area contributed by atoms with E-state index in [-0.39, 0.29) is 23.1 Å². The van der Waals surface area contributed by atoms with Gasteiger partial charge >= 0.3 is 0 Å². The van der Waals surface area contributed by atoms with Crippen molar-refractivity contribution in [2.75, 3.05) is 25.0 Å². The van der Waals surface area contributed by atoms with Crippen molar-refractivity contribution in [2.45, 2.75) is 13.5 Å². The molecule has 144 valence electrons. The zero-order valence-corrected chi connectivity index (χ0v) is 16.0. The molecule has 0 heterocycles. The van der Waals surface area contributed by atoms with Gasteiger partial charge in [-0.25, -0.2) is 0 Å². The molecule has 0 fully saturated rings. The summed E-state index contributed by atoms with van der Waals surface area (Å²) in [4.78, 5) is 27.4. The molecule has 3 rings (SSSR count). The molecule has 0 radical (unpaired) electrons. The van der Waals surface area contributed by atoms with Crippen LogP contribution in [0.5, 0.6) is 0 Å². The third-order valence-corrected chi connectivity index (χ3v) is 4.71. The van der Waals surface area contributed by atoms with Gasteiger partial charge in [0.2, 0.25) is 5.91 Å². The maximum Gasteiger partial charge on any atom is 0.273 e. The molecule has 1 amide bonds. The Morgan fingerprint density at radius 1 is 1.00 bits per heavy atom. The number of hydrogen-bond donors (Lipinski definition) is 0. The van der Waals surface area contributed by atoms with Gasteiger partial charge in [0.25, 0.3) is 5.69 Å². The van der Waals surface area contributed by atoms with Crippen LogP contribution in [0.2, 0.25) is 0 Å². The molecule has 0 aliphatic rings. The van der Waals surface area contributed by atoms with Crippen molar-refractivity contribution < 1.29 is 9.72 Å². The number of nitro benzene ring substituents is 1. The summed E-state index contributed by atoms with van der Waals surface area (Å²) in [5.41, 5.74) is 1.55. The number of nitrogens with zero attached hydrogens (tertiary/aromatic N) is 3. The Morgan fingerprint density at radius 2 is 1.68 bits per heavy atom. The lowest BCUT2D eigenvalue weighted by molar-refractivity contribution is -0.385. The Hall–Kier alpha value is -3.25.